The predicted octanol–water partition coefficient (Wildman–Crippen LogP) is -3.78. The smallest absolute Gasteiger partial charge is 0.550 e. The van der Waals surface area contributed by atoms with E-state index in [1.165, 1.54) is 0 Å². The maximum Gasteiger partial charge on any atom is 1.00 e. The second-order valence-corrected chi connectivity index (χ2v) is 3.46. The largest absolute Gasteiger partial charge is 1.00 e. The van der Waals surface area contributed by atoms with Crippen LogP contribution in [0.25, 0.3) is 0 Å². The zero-order chi connectivity index (χ0) is 11.1. The maximum atomic E-state index is 10.1. The first kappa shape index (κ1) is 16.9. The van der Waals surface area contributed by atoms with E-state index in [2.05, 4.69) is 5.32 Å². The number of hydrogen-bond donors (Lipinski definition) is 2. The van der Waals surface area contributed by atoms with E-state index in [1.807, 2.05) is 0 Å². The van der Waals surface area contributed by atoms with Crippen molar-refractivity contribution in [3.8, 4) is 0 Å². The van der Waals surface area contributed by atoms with Gasteiger partial charge < -0.3 is 20.3 Å². The van der Waals surface area contributed by atoms with Crippen molar-refractivity contribution in [2.45, 2.75) is 32.7 Å². The third kappa shape index (κ3) is 8.49. The zero-order valence-electron chi connectivity index (χ0n) is 9.45. The number of carboxylic acids is 2. The van der Waals surface area contributed by atoms with E-state index in [1.54, 1.807) is 13.8 Å². The van der Waals surface area contributed by atoms with Gasteiger partial charge in [-0.05, 0) is 25.3 Å². The van der Waals surface area contributed by atoms with Gasteiger partial charge in [0.1, 0.15) is 6.04 Å². The van der Waals surface area contributed by atoms with E-state index in [0.29, 0.717) is 0 Å². The third-order valence-corrected chi connectivity index (χ3v) is 1.83. The summed E-state index contributed by atoms with van der Waals surface area (Å²) in [4.78, 5) is 19.7. The maximum absolute atomic E-state index is 10.1. The fraction of sp³-hybridized carbons (Fsp3) is 0.778. The van der Waals surface area contributed by atoms with Crippen molar-refractivity contribution in [3.05, 3.63) is 0 Å². The molecule has 1 aliphatic rings. The van der Waals surface area contributed by atoms with Gasteiger partial charge in [0.05, 0.1) is 0 Å². The van der Waals surface area contributed by atoms with Gasteiger partial charge in [-0.2, -0.15) is 0 Å². The van der Waals surface area contributed by atoms with Crippen LogP contribution in [-0.2, 0) is 9.59 Å². The van der Waals surface area contributed by atoms with Crippen LogP contribution in [0.1, 0.15) is 26.7 Å². The molecule has 0 bridgehead atoms. The molecule has 5 nitrogen and oxygen atoms in total. The standard InChI is InChI=1S/C5H9NO2.C4H8O2.Li/c7-5(8)4-2-1-3-6-4;1-3(2)4(5)6;/h4,6H,1-3H2,(H,7,8);3H,1-2H3,(H,5,6);/q;;+1/p-1/t4-;;/m0../s1. The molecule has 0 spiro atoms. The molecular formula is C9H16LiNO4. The number of carboxylic acid groups (broad SMARTS) is 2. The molecule has 1 heterocycles. The zero-order valence-corrected chi connectivity index (χ0v) is 9.45. The molecule has 15 heavy (non-hydrogen) atoms. The van der Waals surface area contributed by atoms with E-state index < -0.39 is 11.9 Å². The number of rotatable bonds is 2. The normalized spacial score (nSPS) is 18.7. The molecule has 82 valence electrons. The summed E-state index contributed by atoms with van der Waals surface area (Å²) < 4.78 is 0. The first-order valence-electron chi connectivity index (χ1n) is 4.62. The van der Waals surface area contributed by atoms with Gasteiger partial charge in [-0.25, -0.2) is 0 Å². The molecule has 1 fully saturated rings. The third-order valence-electron chi connectivity index (χ3n) is 1.83. The fourth-order valence-corrected chi connectivity index (χ4v) is 0.895. The molecule has 1 aliphatic heterocycles. The van der Waals surface area contributed by atoms with Crippen LogP contribution in [0.5, 0.6) is 0 Å². The number of aliphatic carboxylic acids is 2. The Labute approximate surface area is 101 Å². The Kier molecular flexibility index (Phi) is 9.90. The fourth-order valence-electron chi connectivity index (χ4n) is 0.895. The van der Waals surface area contributed by atoms with Crippen molar-refractivity contribution in [1.82, 2.24) is 5.32 Å². The molecule has 1 rings (SSSR count). The molecule has 0 aromatic carbocycles. The van der Waals surface area contributed by atoms with Crippen molar-refractivity contribution >= 4 is 11.9 Å². The summed E-state index contributed by atoms with van der Waals surface area (Å²) in [7, 11) is 0. The summed E-state index contributed by atoms with van der Waals surface area (Å²) >= 11 is 0. The van der Waals surface area contributed by atoms with Gasteiger partial charge >= 0.3 is 24.8 Å². The quantitative estimate of drug-likeness (QED) is 0.455. The first-order chi connectivity index (χ1) is 6.45. The number of carbonyl (C=O) groups is 2. The molecular weight excluding hydrogens is 193 g/mol. The van der Waals surface area contributed by atoms with Crippen molar-refractivity contribution in [3.63, 3.8) is 0 Å². The Balaban J connectivity index is 0. The van der Waals surface area contributed by atoms with Gasteiger partial charge in [0, 0.05) is 5.97 Å². The molecule has 0 aromatic heterocycles. The van der Waals surface area contributed by atoms with E-state index in [9.17, 15) is 14.7 Å². The molecule has 1 saturated heterocycles. The Morgan fingerprint density at radius 1 is 1.47 bits per heavy atom. The SMILES string of the molecule is CC(C)C(=O)[O-].O=C(O)[C@@H]1CCCN1.[Li+]. The van der Waals surface area contributed by atoms with Crippen LogP contribution in [0.4, 0.5) is 0 Å². The van der Waals surface area contributed by atoms with Crippen LogP contribution in [-0.4, -0.2) is 29.6 Å². The average Bonchev–Trinajstić information content (AvgIpc) is 2.56. The number of hydrogen-bond acceptors (Lipinski definition) is 4. The summed E-state index contributed by atoms with van der Waals surface area (Å²) in [6.45, 7) is 4.02. The van der Waals surface area contributed by atoms with Crippen molar-refractivity contribution in [2.75, 3.05) is 6.54 Å². The molecule has 6 heteroatoms. The Morgan fingerprint density at radius 3 is 2.07 bits per heavy atom. The molecule has 0 unspecified atom stereocenters. The minimum Gasteiger partial charge on any atom is -0.550 e. The van der Waals surface area contributed by atoms with Crippen LogP contribution in [0.3, 0.4) is 0 Å². The Morgan fingerprint density at radius 2 is 1.93 bits per heavy atom. The van der Waals surface area contributed by atoms with Gasteiger partial charge in [0.2, 0.25) is 0 Å². The molecule has 0 aliphatic carbocycles. The minimum atomic E-state index is -0.991. The molecule has 0 amide bonds. The van der Waals surface area contributed by atoms with Gasteiger partial charge in [0.15, 0.2) is 0 Å². The van der Waals surface area contributed by atoms with E-state index in [0.717, 1.165) is 19.4 Å². The summed E-state index contributed by atoms with van der Waals surface area (Å²) in [5, 5.41) is 20.8. The van der Waals surface area contributed by atoms with Crippen LogP contribution < -0.4 is 29.3 Å². The van der Waals surface area contributed by atoms with Crippen molar-refractivity contribution in [1.29, 1.82) is 0 Å². The first-order valence-corrected chi connectivity index (χ1v) is 4.62. The van der Waals surface area contributed by atoms with Crippen molar-refractivity contribution in [2.24, 2.45) is 5.92 Å². The summed E-state index contributed by atoms with van der Waals surface area (Å²) in [6.07, 6.45) is 1.78. The molecule has 2 N–H and O–H groups in total. The van der Waals surface area contributed by atoms with Crippen LogP contribution in [0.15, 0.2) is 0 Å². The van der Waals surface area contributed by atoms with E-state index in [4.69, 9.17) is 5.11 Å². The minimum absolute atomic E-state index is 0. The summed E-state index contributed by atoms with van der Waals surface area (Å²) in [6, 6.07) is -0.269. The van der Waals surface area contributed by atoms with Crippen LogP contribution >= 0.6 is 0 Å². The van der Waals surface area contributed by atoms with E-state index in [-0.39, 0.29) is 30.8 Å². The topological polar surface area (TPSA) is 89.5 Å². The summed E-state index contributed by atoms with van der Waals surface area (Å²) in [5.74, 6) is -2.05. The molecule has 0 radical (unpaired) electrons. The van der Waals surface area contributed by atoms with Crippen LogP contribution in [0, 0.1) is 5.92 Å². The number of nitrogens with one attached hydrogen (secondary N) is 1. The van der Waals surface area contributed by atoms with Gasteiger partial charge in [-0.15, -0.1) is 0 Å². The Hall–Kier alpha value is -0.503. The monoisotopic (exact) mass is 209 g/mol. The molecule has 0 aromatic rings. The predicted molar refractivity (Wildman–Crippen MR) is 48.5 cm³/mol. The number of carbonyl (C=O) groups excluding carboxylic acids is 1. The summed E-state index contributed by atoms with van der Waals surface area (Å²) in [5.41, 5.74) is 0. The van der Waals surface area contributed by atoms with E-state index >= 15 is 0 Å². The second-order valence-electron chi connectivity index (χ2n) is 3.46. The van der Waals surface area contributed by atoms with Gasteiger partial charge in [0.25, 0.3) is 0 Å². The van der Waals surface area contributed by atoms with Crippen molar-refractivity contribution < 1.29 is 38.7 Å². The van der Waals surface area contributed by atoms with Gasteiger partial charge in [-0.3, -0.25) is 4.79 Å². The molecule has 1 atom stereocenters. The van der Waals surface area contributed by atoms with Gasteiger partial charge in [-0.1, -0.05) is 13.8 Å². The molecule has 0 saturated carbocycles. The Bertz CT molecular complexity index is 202. The van der Waals surface area contributed by atoms with Crippen LogP contribution in [0.2, 0.25) is 0 Å². The second kappa shape index (κ2) is 8.78. The average molecular weight is 209 g/mol.